The lowest BCUT2D eigenvalue weighted by atomic mass is 10.2. The minimum absolute atomic E-state index is 0.446. The minimum atomic E-state index is 0.446. The van der Waals surface area contributed by atoms with E-state index in [4.69, 9.17) is 21.1 Å². The molecule has 0 amide bonds. The summed E-state index contributed by atoms with van der Waals surface area (Å²) in [5, 5.41) is 0. The standard InChI is InChI=1S/C13H18BrClO2/c1-10(2)9-16-6-7-17-13-11(8-15)4-3-5-12(13)14/h3-5,10H,6-9H2,1-2H3. The number of benzene rings is 1. The lowest BCUT2D eigenvalue weighted by molar-refractivity contribution is 0.0815. The molecule has 0 unspecified atom stereocenters. The summed E-state index contributed by atoms with van der Waals surface area (Å²) in [5.74, 6) is 1.81. The molecule has 0 aliphatic carbocycles. The number of hydrogen-bond acceptors (Lipinski definition) is 2. The van der Waals surface area contributed by atoms with Crippen molar-refractivity contribution in [3.8, 4) is 5.75 Å². The summed E-state index contributed by atoms with van der Waals surface area (Å²) >= 11 is 9.31. The molecule has 96 valence electrons. The summed E-state index contributed by atoms with van der Waals surface area (Å²) in [6.45, 7) is 6.16. The Morgan fingerprint density at radius 2 is 2.06 bits per heavy atom. The molecule has 1 aromatic rings. The van der Waals surface area contributed by atoms with Gasteiger partial charge in [0, 0.05) is 12.2 Å². The molecular formula is C13H18BrClO2. The molecule has 0 saturated carbocycles. The fraction of sp³-hybridized carbons (Fsp3) is 0.538. The van der Waals surface area contributed by atoms with Gasteiger partial charge in [-0.2, -0.15) is 0 Å². The molecule has 17 heavy (non-hydrogen) atoms. The fourth-order valence-corrected chi connectivity index (χ4v) is 2.07. The second-order valence-electron chi connectivity index (χ2n) is 4.18. The van der Waals surface area contributed by atoms with Crippen LogP contribution in [0.25, 0.3) is 0 Å². The Balaban J connectivity index is 2.40. The quantitative estimate of drug-likeness (QED) is 0.552. The zero-order valence-electron chi connectivity index (χ0n) is 10.2. The van der Waals surface area contributed by atoms with Crippen LogP contribution in [0.4, 0.5) is 0 Å². The number of rotatable bonds is 7. The Hall–Kier alpha value is -0.250. The highest BCUT2D eigenvalue weighted by molar-refractivity contribution is 9.10. The van der Waals surface area contributed by atoms with E-state index >= 15 is 0 Å². The van der Waals surface area contributed by atoms with Crippen LogP contribution in [-0.2, 0) is 10.6 Å². The highest BCUT2D eigenvalue weighted by Gasteiger charge is 2.06. The largest absolute Gasteiger partial charge is 0.490 e. The molecule has 1 aromatic carbocycles. The van der Waals surface area contributed by atoms with Gasteiger partial charge < -0.3 is 9.47 Å². The van der Waals surface area contributed by atoms with Crippen LogP contribution >= 0.6 is 27.5 Å². The van der Waals surface area contributed by atoms with Gasteiger partial charge in [0.1, 0.15) is 12.4 Å². The van der Waals surface area contributed by atoms with Gasteiger partial charge in [0.25, 0.3) is 0 Å². The first-order chi connectivity index (χ1) is 8.15. The molecule has 0 aliphatic rings. The highest BCUT2D eigenvalue weighted by atomic mass is 79.9. The predicted octanol–water partition coefficient (Wildman–Crippen LogP) is 4.24. The normalized spacial score (nSPS) is 10.9. The zero-order chi connectivity index (χ0) is 12.7. The van der Waals surface area contributed by atoms with E-state index in [-0.39, 0.29) is 0 Å². The van der Waals surface area contributed by atoms with Gasteiger partial charge in [-0.1, -0.05) is 26.0 Å². The van der Waals surface area contributed by atoms with Gasteiger partial charge in [0.05, 0.1) is 17.0 Å². The van der Waals surface area contributed by atoms with E-state index in [1.807, 2.05) is 18.2 Å². The van der Waals surface area contributed by atoms with E-state index < -0.39 is 0 Å². The van der Waals surface area contributed by atoms with Gasteiger partial charge in [-0.15, -0.1) is 11.6 Å². The molecule has 0 spiro atoms. The first kappa shape index (κ1) is 14.8. The topological polar surface area (TPSA) is 18.5 Å². The summed E-state index contributed by atoms with van der Waals surface area (Å²) in [5.41, 5.74) is 0.991. The van der Waals surface area contributed by atoms with E-state index in [0.29, 0.717) is 25.0 Å². The molecule has 4 heteroatoms. The molecule has 0 N–H and O–H groups in total. The van der Waals surface area contributed by atoms with Crippen molar-refractivity contribution in [2.24, 2.45) is 5.92 Å². The van der Waals surface area contributed by atoms with E-state index in [9.17, 15) is 0 Å². The number of hydrogen-bond donors (Lipinski definition) is 0. The Morgan fingerprint density at radius 3 is 2.71 bits per heavy atom. The molecule has 0 aliphatic heterocycles. The van der Waals surface area contributed by atoms with E-state index in [1.54, 1.807) is 0 Å². The van der Waals surface area contributed by atoms with E-state index in [0.717, 1.165) is 22.4 Å². The van der Waals surface area contributed by atoms with Gasteiger partial charge >= 0.3 is 0 Å². The maximum Gasteiger partial charge on any atom is 0.137 e. The number of ether oxygens (including phenoxy) is 2. The van der Waals surface area contributed by atoms with Crippen molar-refractivity contribution in [1.82, 2.24) is 0 Å². The molecular weight excluding hydrogens is 303 g/mol. The van der Waals surface area contributed by atoms with Crippen LogP contribution in [0.15, 0.2) is 22.7 Å². The van der Waals surface area contributed by atoms with Gasteiger partial charge in [-0.25, -0.2) is 0 Å². The van der Waals surface area contributed by atoms with E-state index in [1.165, 1.54) is 0 Å². The average Bonchev–Trinajstić information content (AvgIpc) is 2.30. The molecule has 0 fully saturated rings. The van der Waals surface area contributed by atoms with Crippen molar-refractivity contribution >= 4 is 27.5 Å². The maximum absolute atomic E-state index is 5.85. The SMILES string of the molecule is CC(C)COCCOc1c(Br)cccc1CCl. The summed E-state index contributed by atoms with van der Waals surface area (Å²) in [6.07, 6.45) is 0. The van der Waals surface area contributed by atoms with Crippen LogP contribution in [-0.4, -0.2) is 19.8 Å². The van der Waals surface area contributed by atoms with Crippen molar-refractivity contribution in [1.29, 1.82) is 0 Å². The molecule has 0 atom stereocenters. The smallest absolute Gasteiger partial charge is 0.137 e. The van der Waals surface area contributed by atoms with Crippen molar-refractivity contribution in [3.05, 3.63) is 28.2 Å². The van der Waals surface area contributed by atoms with Crippen molar-refractivity contribution in [2.75, 3.05) is 19.8 Å². The predicted molar refractivity (Wildman–Crippen MR) is 74.9 cm³/mol. The van der Waals surface area contributed by atoms with Crippen molar-refractivity contribution in [2.45, 2.75) is 19.7 Å². The van der Waals surface area contributed by atoms with Crippen LogP contribution < -0.4 is 4.74 Å². The van der Waals surface area contributed by atoms with Crippen molar-refractivity contribution in [3.63, 3.8) is 0 Å². The first-order valence-electron chi connectivity index (χ1n) is 5.69. The Bertz CT molecular complexity index is 342. The average molecular weight is 322 g/mol. The summed E-state index contributed by atoms with van der Waals surface area (Å²) in [6, 6.07) is 5.85. The third-order valence-corrected chi connectivity index (χ3v) is 3.03. The fourth-order valence-electron chi connectivity index (χ4n) is 1.34. The maximum atomic E-state index is 5.85. The summed E-state index contributed by atoms with van der Waals surface area (Å²) in [4.78, 5) is 0. The molecule has 0 aromatic heterocycles. The number of para-hydroxylation sites is 1. The highest BCUT2D eigenvalue weighted by Crippen LogP contribution is 2.30. The molecule has 1 rings (SSSR count). The number of halogens is 2. The molecule has 0 bridgehead atoms. The summed E-state index contributed by atoms with van der Waals surface area (Å²) in [7, 11) is 0. The van der Waals surface area contributed by atoms with Gasteiger partial charge in [0.15, 0.2) is 0 Å². The van der Waals surface area contributed by atoms with Gasteiger partial charge in [0.2, 0.25) is 0 Å². The molecule has 0 heterocycles. The lowest BCUT2D eigenvalue weighted by Crippen LogP contribution is -2.11. The monoisotopic (exact) mass is 320 g/mol. The molecule has 0 saturated heterocycles. The van der Waals surface area contributed by atoms with Crippen LogP contribution in [0, 0.1) is 5.92 Å². The second kappa shape index (κ2) is 7.96. The lowest BCUT2D eigenvalue weighted by Gasteiger charge is -2.12. The first-order valence-corrected chi connectivity index (χ1v) is 7.01. The van der Waals surface area contributed by atoms with Crippen LogP contribution in [0.3, 0.4) is 0 Å². The van der Waals surface area contributed by atoms with Crippen LogP contribution in [0.5, 0.6) is 5.75 Å². The minimum Gasteiger partial charge on any atom is -0.490 e. The summed E-state index contributed by atoms with van der Waals surface area (Å²) < 4.78 is 12.1. The van der Waals surface area contributed by atoms with E-state index in [2.05, 4.69) is 29.8 Å². The van der Waals surface area contributed by atoms with Crippen LogP contribution in [0.1, 0.15) is 19.4 Å². The third kappa shape index (κ3) is 5.28. The van der Waals surface area contributed by atoms with Gasteiger partial charge in [-0.05, 0) is 27.9 Å². The van der Waals surface area contributed by atoms with Gasteiger partial charge in [-0.3, -0.25) is 0 Å². The van der Waals surface area contributed by atoms with Crippen LogP contribution in [0.2, 0.25) is 0 Å². The molecule has 0 radical (unpaired) electrons. The second-order valence-corrected chi connectivity index (χ2v) is 5.30. The number of alkyl halides is 1. The Kier molecular flexibility index (Phi) is 6.93. The Labute approximate surface area is 116 Å². The third-order valence-electron chi connectivity index (χ3n) is 2.12. The Morgan fingerprint density at radius 1 is 1.29 bits per heavy atom. The zero-order valence-corrected chi connectivity index (χ0v) is 12.6. The molecule has 2 nitrogen and oxygen atoms in total. The van der Waals surface area contributed by atoms with Crippen molar-refractivity contribution < 1.29 is 9.47 Å².